The maximum atomic E-state index is 5.03. The molecule has 0 saturated heterocycles. The molecule has 2 saturated carbocycles. The number of hydrogen-bond acceptors (Lipinski definition) is 1. The molecule has 0 aromatic heterocycles. The average Bonchev–Trinajstić information content (AvgIpc) is 2.63. The maximum Gasteiger partial charge on any atom is 0.191 e. The summed E-state index contributed by atoms with van der Waals surface area (Å²) in [6.45, 7) is 5.60. The van der Waals surface area contributed by atoms with Crippen LogP contribution in [-0.4, -0.2) is 24.6 Å². The molecule has 0 aromatic rings. The predicted molar refractivity (Wildman–Crippen MR) is 106 cm³/mol. The van der Waals surface area contributed by atoms with Crippen LogP contribution in [0.25, 0.3) is 0 Å². The highest BCUT2D eigenvalue weighted by Crippen LogP contribution is 2.19. The van der Waals surface area contributed by atoms with Crippen molar-refractivity contribution >= 4 is 5.96 Å². The molecule has 0 amide bonds. The molecule has 3 nitrogen and oxygen atoms in total. The highest BCUT2D eigenvalue weighted by atomic mass is 15.2. The first-order valence-corrected chi connectivity index (χ1v) is 10.9. The van der Waals surface area contributed by atoms with Gasteiger partial charge in [0.15, 0.2) is 5.96 Å². The fraction of sp³-hybridized carbons (Fsp3) is 0.952. The number of aliphatic imine (C=N–C) groups is 1. The molecule has 2 N–H and O–H groups in total. The second-order valence-electron chi connectivity index (χ2n) is 8.06. The summed E-state index contributed by atoms with van der Waals surface area (Å²) < 4.78 is 0. The van der Waals surface area contributed by atoms with Gasteiger partial charge in [0, 0.05) is 18.6 Å². The van der Waals surface area contributed by atoms with Gasteiger partial charge < -0.3 is 10.6 Å². The lowest BCUT2D eigenvalue weighted by Gasteiger charge is -2.29. The summed E-state index contributed by atoms with van der Waals surface area (Å²) in [6, 6.07) is 1.29. The summed E-state index contributed by atoms with van der Waals surface area (Å²) >= 11 is 0. The van der Waals surface area contributed by atoms with E-state index in [1.54, 1.807) is 0 Å². The molecular formula is C21H41N3. The van der Waals surface area contributed by atoms with Gasteiger partial charge in [-0.05, 0) is 38.0 Å². The summed E-state index contributed by atoms with van der Waals surface area (Å²) in [4.78, 5) is 5.03. The zero-order valence-corrected chi connectivity index (χ0v) is 16.3. The Morgan fingerprint density at radius 1 is 0.875 bits per heavy atom. The summed E-state index contributed by atoms with van der Waals surface area (Å²) in [7, 11) is 0. The molecular weight excluding hydrogens is 294 g/mol. The van der Waals surface area contributed by atoms with E-state index in [0.717, 1.165) is 18.4 Å². The minimum atomic E-state index is 0.643. The van der Waals surface area contributed by atoms with E-state index in [1.807, 2.05) is 0 Å². The van der Waals surface area contributed by atoms with E-state index in [0.29, 0.717) is 12.1 Å². The molecule has 2 aliphatic rings. The highest BCUT2D eigenvalue weighted by Gasteiger charge is 2.19. The Hall–Kier alpha value is -0.730. The summed E-state index contributed by atoms with van der Waals surface area (Å²) in [5.41, 5.74) is 0. The maximum absolute atomic E-state index is 5.03. The van der Waals surface area contributed by atoms with Gasteiger partial charge in [0.1, 0.15) is 0 Å². The molecule has 0 spiro atoms. The van der Waals surface area contributed by atoms with Gasteiger partial charge in [-0.1, -0.05) is 71.6 Å². The number of unbranched alkanes of at least 4 members (excludes halogenated alkanes) is 1. The fourth-order valence-corrected chi connectivity index (χ4v) is 4.15. The summed E-state index contributed by atoms with van der Waals surface area (Å²) in [5.74, 6) is 1.87. The normalized spacial score (nSPS) is 21.2. The van der Waals surface area contributed by atoms with Crippen LogP contribution in [0.4, 0.5) is 0 Å². The van der Waals surface area contributed by atoms with Gasteiger partial charge in [-0.25, -0.2) is 0 Å². The van der Waals surface area contributed by atoms with Crippen LogP contribution in [0.1, 0.15) is 104 Å². The molecule has 24 heavy (non-hydrogen) atoms. The quantitative estimate of drug-likeness (QED) is 0.460. The average molecular weight is 336 g/mol. The van der Waals surface area contributed by atoms with Crippen LogP contribution in [0.5, 0.6) is 0 Å². The van der Waals surface area contributed by atoms with Crippen molar-refractivity contribution in [2.24, 2.45) is 10.9 Å². The molecule has 2 fully saturated rings. The van der Waals surface area contributed by atoms with E-state index < -0.39 is 0 Å². The number of guanidine groups is 1. The van der Waals surface area contributed by atoms with Crippen LogP contribution in [0.3, 0.4) is 0 Å². The smallest absolute Gasteiger partial charge is 0.191 e. The SMILES string of the molecule is CCCCC(CC)CN=C(NC1CCCCC1)NC1CCCCC1. The van der Waals surface area contributed by atoms with Crippen molar-refractivity contribution in [3.8, 4) is 0 Å². The first-order valence-electron chi connectivity index (χ1n) is 10.9. The van der Waals surface area contributed by atoms with Crippen molar-refractivity contribution in [1.82, 2.24) is 10.6 Å². The number of rotatable bonds is 8. The van der Waals surface area contributed by atoms with E-state index >= 15 is 0 Å². The lowest BCUT2D eigenvalue weighted by atomic mass is 9.95. The van der Waals surface area contributed by atoms with E-state index in [2.05, 4.69) is 24.5 Å². The molecule has 0 radical (unpaired) electrons. The lowest BCUT2D eigenvalue weighted by molar-refractivity contribution is 0.387. The van der Waals surface area contributed by atoms with Crippen molar-refractivity contribution in [3.63, 3.8) is 0 Å². The van der Waals surface area contributed by atoms with E-state index in [4.69, 9.17) is 4.99 Å². The van der Waals surface area contributed by atoms with Crippen LogP contribution < -0.4 is 10.6 Å². The molecule has 2 aliphatic carbocycles. The second kappa shape index (κ2) is 11.8. The first-order chi connectivity index (χ1) is 11.8. The van der Waals surface area contributed by atoms with Gasteiger partial charge in [0.25, 0.3) is 0 Å². The lowest BCUT2D eigenvalue weighted by Crippen LogP contribution is -2.48. The molecule has 0 bridgehead atoms. The van der Waals surface area contributed by atoms with Crippen LogP contribution in [0.15, 0.2) is 4.99 Å². The van der Waals surface area contributed by atoms with Gasteiger partial charge in [-0.2, -0.15) is 0 Å². The van der Waals surface area contributed by atoms with Crippen molar-refractivity contribution in [2.45, 2.75) is 116 Å². The van der Waals surface area contributed by atoms with E-state index in [9.17, 15) is 0 Å². The minimum Gasteiger partial charge on any atom is -0.354 e. The van der Waals surface area contributed by atoms with Crippen LogP contribution in [0, 0.1) is 5.92 Å². The third-order valence-corrected chi connectivity index (χ3v) is 5.94. The van der Waals surface area contributed by atoms with Crippen molar-refractivity contribution in [1.29, 1.82) is 0 Å². The van der Waals surface area contributed by atoms with Gasteiger partial charge in [0.05, 0.1) is 0 Å². The highest BCUT2D eigenvalue weighted by molar-refractivity contribution is 5.80. The monoisotopic (exact) mass is 335 g/mol. The van der Waals surface area contributed by atoms with E-state index in [-0.39, 0.29) is 0 Å². The Balaban J connectivity index is 1.89. The zero-order valence-electron chi connectivity index (χ0n) is 16.3. The first kappa shape index (κ1) is 19.6. The number of nitrogens with zero attached hydrogens (tertiary/aromatic N) is 1. The summed E-state index contributed by atoms with van der Waals surface area (Å²) in [5, 5.41) is 7.56. The van der Waals surface area contributed by atoms with Gasteiger partial charge in [0.2, 0.25) is 0 Å². The zero-order chi connectivity index (χ0) is 17.0. The molecule has 0 aromatic carbocycles. The second-order valence-corrected chi connectivity index (χ2v) is 8.06. The minimum absolute atomic E-state index is 0.643. The van der Waals surface area contributed by atoms with Gasteiger partial charge in [-0.15, -0.1) is 0 Å². The Morgan fingerprint density at radius 3 is 1.88 bits per heavy atom. The Kier molecular flexibility index (Phi) is 9.60. The number of nitrogens with one attached hydrogen (secondary N) is 2. The topological polar surface area (TPSA) is 36.4 Å². The van der Waals surface area contributed by atoms with Crippen LogP contribution in [0.2, 0.25) is 0 Å². The standard InChI is InChI=1S/C21H41N3/c1-3-5-12-18(4-2)17-22-21(23-19-13-8-6-9-14-19)24-20-15-10-7-11-16-20/h18-20H,3-17H2,1-2H3,(H2,22,23,24). The van der Waals surface area contributed by atoms with Gasteiger partial charge >= 0.3 is 0 Å². The largest absolute Gasteiger partial charge is 0.354 e. The Morgan fingerprint density at radius 2 is 1.42 bits per heavy atom. The Labute approximate surface area is 150 Å². The molecule has 1 atom stereocenters. The van der Waals surface area contributed by atoms with Crippen LogP contribution >= 0.6 is 0 Å². The predicted octanol–water partition coefficient (Wildman–Crippen LogP) is 5.40. The molecule has 0 heterocycles. The number of hydrogen-bond donors (Lipinski definition) is 2. The third kappa shape index (κ3) is 7.44. The molecule has 2 rings (SSSR count). The van der Waals surface area contributed by atoms with Gasteiger partial charge in [-0.3, -0.25) is 4.99 Å². The third-order valence-electron chi connectivity index (χ3n) is 5.94. The van der Waals surface area contributed by atoms with Crippen molar-refractivity contribution in [2.75, 3.05) is 6.54 Å². The molecule has 140 valence electrons. The van der Waals surface area contributed by atoms with Crippen LogP contribution in [-0.2, 0) is 0 Å². The molecule has 1 unspecified atom stereocenters. The Bertz CT molecular complexity index is 319. The van der Waals surface area contributed by atoms with Crippen molar-refractivity contribution in [3.05, 3.63) is 0 Å². The van der Waals surface area contributed by atoms with Crippen molar-refractivity contribution < 1.29 is 0 Å². The summed E-state index contributed by atoms with van der Waals surface area (Å²) in [6.07, 6.45) is 18.8. The fourth-order valence-electron chi connectivity index (χ4n) is 4.15. The molecule has 3 heteroatoms. The molecule has 0 aliphatic heterocycles. The van der Waals surface area contributed by atoms with E-state index in [1.165, 1.54) is 89.9 Å².